The molecule has 4 rings (SSSR count). The number of fused-ring (bicyclic) bond motifs is 1. The van der Waals surface area contributed by atoms with Crippen molar-refractivity contribution >= 4 is 22.7 Å². The molecule has 0 bridgehead atoms. The first-order valence-electron chi connectivity index (χ1n) is 10.2. The molecule has 2 heterocycles. The fourth-order valence-corrected chi connectivity index (χ4v) is 3.79. The molecule has 1 aliphatic heterocycles. The van der Waals surface area contributed by atoms with Crippen LogP contribution in [0.5, 0.6) is 0 Å². The largest absolute Gasteiger partial charge is 0.350 e. The van der Waals surface area contributed by atoms with Crippen molar-refractivity contribution in [2.45, 2.75) is 25.7 Å². The number of rotatable bonds is 5. The molecule has 148 valence electrons. The second kappa shape index (κ2) is 8.86. The number of nitrogens with zero attached hydrogens (tertiary/aromatic N) is 2. The molecule has 2 amide bonds. The molecule has 1 N–H and O–H groups in total. The monoisotopic (exact) mass is 387 g/mol. The Labute approximate surface area is 170 Å². The van der Waals surface area contributed by atoms with Crippen molar-refractivity contribution in [2.75, 3.05) is 19.6 Å². The predicted molar refractivity (Wildman–Crippen MR) is 115 cm³/mol. The summed E-state index contributed by atoms with van der Waals surface area (Å²) in [4.78, 5) is 31.7. The molecule has 0 spiro atoms. The zero-order valence-corrected chi connectivity index (χ0v) is 16.4. The van der Waals surface area contributed by atoms with E-state index in [9.17, 15) is 9.59 Å². The zero-order valence-electron chi connectivity index (χ0n) is 16.4. The number of carbonyl (C=O) groups is 2. The van der Waals surface area contributed by atoms with Crippen molar-refractivity contribution in [2.24, 2.45) is 0 Å². The second-order valence-corrected chi connectivity index (χ2v) is 7.39. The molecule has 29 heavy (non-hydrogen) atoms. The van der Waals surface area contributed by atoms with E-state index in [1.54, 1.807) is 0 Å². The van der Waals surface area contributed by atoms with E-state index in [2.05, 4.69) is 5.32 Å². The fraction of sp³-hybridized carbons (Fsp3) is 0.292. The van der Waals surface area contributed by atoms with Crippen molar-refractivity contribution < 1.29 is 9.59 Å². The van der Waals surface area contributed by atoms with Gasteiger partial charge < -0.3 is 10.2 Å². The van der Waals surface area contributed by atoms with Gasteiger partial charge in [-0.2, -0.15) is 0 Å². The molecule has 0 atom stereocenters. The highest BCUT2D eigenvalue weighted by atomic mass is 16.2. The molecule has 1 saturated heterocycles. The normalized spacial score (nSPS) is 14.6. The minimum atomic E-state index is -0.136. The minimum Gasteiger partial charge on any atom is -0.350 e. The SMILES string of the molecule is O=C(NCCN1CCCCCC1=O)c1cc(-c2ccccc2)nc2ccccc12. The Morgan fingerprint density at radius 1 is 1.00 bits per heavy atom. The lowest BCUT2D eigenvalue weighted by atomic mass is 10.0. The summed E-state index contributed by atoms with van der Waals surface area (Å²) >= 11 is 0. The van der Waals surface area contributed by atoms with Gasteiger partial charge in [0.2, 0.25) is 5.91 Å². The van der Waals surface area contributed by atoms with Crippen LogP contribution < -0.4 is 5.32 Å². The molecule has 0 saturated carbocycles. The molecule has 0 unspecified atom stereocenters. The third-order valence-electron chi connectivity index (χ3n) is 5.37. The first-order chi connectivity index (χ1) is 14.2. The molecule has 1 aliphatic rings. The number of aromatic nitrogens is 1. The summed E-state index contributed by atoms with van der Waals surface area (Å²) in [5.74, 6) is 0.0560. The third-order valence-corrected chi connectivity index (χ3v) is 5.37. The Morgan fingerprint density at radius 2 is 1.79 bits per heavy atom. The molecule has 1 fully saturated rings. The summed E-state index contributed by atoms with van der Waals surface area (Å²) in [6.07, 6.45) is 3.71. The number of amides is 2. The first-order valence-corrected chi connectivity index (χ1v) is 10.2. The van der Waals surface area contributed by atoms with Crippen molar-refractivity contribution in [3.63, 3.8) is 0 Å². The van der Waals surface area contributed by atoms with Crippen LogP contribution in [0.15, 0.2) is 60.7 Å². The van der Waals surface area contributed by atoms with E-state index in [1.807, 2.05) is 65.6 Å². The van der Waals surface area contributed by atoms with Crippen molar-refractivity contribution in [1.29, 1.82) is 0 Å². The zero-order chi connectivity index (χ0) is 20.1. The summed E-state index contributed by atoms with van der Waals surface area (Å²) in [5.41, 5.74) is 3.15. The summed E-state index contributed by atoms with van der Waals surface area (Å²) in [7, 11) is 0. The van der Waals surface area contributed by atoms with Crippen molar-refractivity contribution in [3.05, 3.63) is 66.2 Å². The van der Waals surface area contributed by atoms with Crippen LogP contribution in [0.3, 0.4) is 0 Å². The Kier molecular flexibility index (Phi) is 5.84. The fourth-order valence-electron chi connectivity index (χ4n) is 3.79. The molecule has 2 aromatic carbocycles. The van der Waals surface area contributed by atoms with Crippen molar-refractivity contribution in [1.82, 2.24) is 15.2 Å². The predicted octanol–water partition coefficient (Wildman–Crippen LogP) is 4.03. The van der Waals surface area contributed by atoms with Gasteiger partial charge in [-0.1, -0.05) is 55.0 Å². The van der Waals surface area contributed by atoms with Crippen LogP contribution in [-0.2, 0) is 4.79 Å². The molecule has 1 aromatic heterocycles. The Bertz CT molecular complexity index is 1020. The van der Waals surface area contributed by atoms with Gasteiger partial charge in [-0.05, 0) is 25.0 Å². The van der Waals surface area contributed by atoms with Crippen LogP contribution in [0.25, 0.3) is 22.2 Å². The summed E-state index contributed by atoms with van der Waals surface area (Å²) < 4.78 is 0. The lowest BCUT2D eigenvalue weighted by Gasteiger charge is -2.20. The van der Waals surface area contributed by atoms with Gasteiger partial charge in [0, 0.05) is 37.0 Å². The maximum atomic E-state index is 13.0. The van der Waals surface area contributed by atoms with Gasteiger partial charge in [0.05, 0.1) is 16.8 Å². The van der Waals surface area contributed by atoms with Gasteiger partial charge in [0.25, 0.3) is 5.91 Å². The van der Waals surface area contributed by atoms with Gasteiger partial charge >= 0.3 is 0 Å². The van der Waals surface area contributed by atoms with Crippen LogP contribution >= 0.6 is 0 Å². The highest BCUT2D eigenvalue weighted by Gasteiger charge is 2.17. The van der Waals surface area contributed by atoms with E-state index in [4.69, 9.17) is 4.98 Å². The van der Waals surface area contributed by atoms with Gasteiger partial charge in [0.15, 0.2) is 0 Å². The molecule has 0 aliphatic carbocycles. The number of likely N-dealkylation sites (tertiary alicyclic amines) is 1. The molecular formula is C24H25N3O2. The van der Waals surface area contributed by atoms with Crippen LogP contribution in [0.4, 0.5) is 0 Å². The summed E-state index contributed by atoms with van der Waals surface area (Å²) in [5, 5.41) is 3.83. The standard InChI is InChI=1S/C24H25N3O2/c28-23-13-5-2-8-15-27(23)16-14-25-24(29)20-17-22(18-9-3-1-4-10-18)26-21-12-7-6-11-19(20)21/h1,3-4,6-7,9-12,17H,2,5,8,13-16H2,(H,25,29). The van der Waals surface area contributed by atoms with Gasteiger partial charge in [-0.15, -0.1) is 0 Å². The number of pyridine rings is 1. The van der Waals surface area contributed by atoms with Gasteiger partial charge in [-0.3, -0.25) is 9.59 Å². The Morgan fingerprint density at radius 3 is 2.66 bits per heavy atom. The molecule has 3 aromatic rings. The quantitative estimate of drug-likeness (QED) is 0.719. The smallest absolute Gasteiger partial charge is 0.252 e. The average Bonchev–Trinajstić information content (AvgIpc) is 2.97. The summed E-state index contributed by atoms with van der Waals surface area (Å²) in [6, 6.07) is 19.4. The number of para-hydroxylation sites is 1. The Balaban J connectivity index is 1.54. The Hall–Kier alpha value is -3.21. The highest BCUT2D eigenvalue weighted by molar-refractivity contribution is 6.07. The second-order valence-electron chi connectivity index (χ2n) is 7.39. The third kappa shape index (κ3) is 4.45. The van der Waals surface area contributed by atoms with Gasteiger partial charge in [0.1, 0.15) is 0 Å². The lowest BCUT2D eigenvalue weighted by molar-refractivity contribution is -0.130. The van der Waals surface area contributed by atoms with Crippen molar-refractivity contribution in [3.8, 4) is 11.3 Å². The van der Waals surface area contributed by atoms with Crippen LogP contribution in [-0.4, -0.2) is 41.3 Å². The minimum absolute atomic E-state index is 0.136. The maximum Gasteiger partial charge on any atom is 0.252 e. The van der Waals surface area contributed by atoms with E-state index in [0.29, 0.717) is 25.1 Å². The first kappa shape index (κ1) is 19.1. The average molecular weight is 387 g/mol. The number of benzene rings is 2. The van der Waals surface area contributed by atoms with E-state index in [-0.39, 0.29) is 11.8 Å². The van der Waals surface area contributed by atoms with Gasteiger partial charge in [-0.25, -0.2) is 4.98 Å². The number of hydrogen-bond acceptors (Lipinski definition) is 3. The van der Waals surface area contributed by atoms with Crippen LogP contribution in [0, 0.1) is 0 Å². The maximum absolute atomic E-state index is 13.0. The van der Waals surface area contributed by atoms with E-state index >= 15 is 0 Å². The molecule has 5 nitrogen and oxygen atoms in total. The topological polar surface area (TPSA) is 62.3 Å². The molecular weight excluding hydrogens is 362 g/mol. The van der Waals surface area contributed by atoms with E-state index in [1.165, 1.54) is 0 Å². The lowest BCUT2D eigenvalue weighted by Crippen LogP contribution is -2.38. The van der Waals surface area contributed by atoms with Crippen LogP contribution in [0.1, 0.15) is 36.0 Å². The molecule has 0 radical (unpaired) electrons. The summed E-state index contributed by atoms with van der Waals surface area (Å²) in [6.45, 7) is 1.78. The highest BCUT2D eigenvalue weighted by Crippen LogP contribution is 2.24. The van der Waals surface area contributed by atoms with Crippen LogP contribution in [0.2, 0.25) is 0 Å². The number of hydrogen-bond donors (Lipinski definition) is 1. The molecule has 5 heteroatoms. The van der Waals surface area contributed by atoms with E-state index in [0.717, 1.165) is 48.0 Å². The number of carbonyl (C=O) groups excluding carboxylic acids is 2. The van der Waals surface area contributed by atoms with E-state index < -0.39 is 0 Å². The number of nitrogens with one attached hydrogen (secondary N) is 1.